The van der Waals surface area contributed by atoms with Gasteiger partial charge < -0.3 is 15.7 Å². The van der Waals surface area contributed by atoms with Gasteiger partial charge in [-0.3, -0.25) is 24.1 Å². The van der Waals surface area contributed by atoms with Gasteiger partial charge in [-0.15, -0.1) is 11.8 Å². The van der Waals surface area contributed by atoms with Crippen LogP contribution in [0.5, 0.6) is 0 Å². The maximum absolute atomic E-state index is 12.3. The molecule has 0 bridgehead atoms. The van der Waals surface area contributed by atoms with E-state index >= 15 is 0 Å². The topological polar surface area (TPSA) is 116 Å². The van der Waals surface area contributed by atoms with Crippen molar-refractivity contribution in [3.8, 4) is 0 Å². The molecule has 1 aliphatic rings. The fourth-order valence-electron chi connectivity index (χ4n) is 4.32. The maximum atomic E-state index is 12.3. The van der Waals surface area contributed by atoms with Crippen LogP contribution < -0.4 is 10.6 Å². The van der Waals surface area contributed by atoms with E-state index in [1.54, 1.807) is 0 Å². The molecule has 1 atom stereocenters. The van der Waals surface area contributed by atoms with Gasteiger partial charge in [0.25, 0.3) is 0 Å². The van der Waals surface area contributed by atoms with Crippen LogP contribution in [0.1, 0.15) is 127 Å². The smallest absolute Gasteiger partial charge is 0.242 e. The Morgan fingerprint density at radius 2 is 1.59 bits per heavy atom. The number of imide groups is 1. The Morgan fingerprint density at radius 1 is 1.00 bits per heavy atom. The Bertz CT molecular complexity index is 716. The molecule has 242 valence electrons. The van der Waals surface area contributed by atoms with Crippen LogP contribution in [-0.2, 0) is 19.2 Å². The molecule has 0 saturated carbocycles. The highest BCUT2D eigenvalue weighted by molar-refractivity contribution is 8.00. The molecule has 1 heterocycles. The first-order valence-corrected chi connectivity index (χ1v) is 17.2. The van der Waals surface area contributed by atoms with Crippen LogP contribution in [0, 0.1) is 17.3 Å². The molecule has 0 spiro atoms. The summed E-state index contributed by atoms with van der Waals surface area (Å²) >= 11 is 1.52. The Morgan fingerprint density at radius 3 is 2.07 bits per heavy atom. The molecule has 0 aromatic carbocycles. The van der Waals surface area contributed by atoms with Gasteiger partial charge in [0, 0.05) is 44.3 Å². The highest BCUT2D eigenvalue weighted by Crippen LogP contribution is 2.27. The fraction of sp³-hybridized carbons (Fsp3) is 0.875. The number of nitrogens with one attached hydrogen (secondary N) is 2. The number of likely N-dealkylation sites (tertiary alicyclic amines) is 1. The van der Waals surface area contributed by atoms with Crippen molar-refractivity contribution < 1.29 is 24.3 Å². The molecule has 0 aliphatic carbocycles. The van der Waals surface area contributed by atoms with Gasteiger partial charge in [-0.05, 0) is 49.7 Å². The van der Waals surface area contributed by atoms with Crippen molar-refractivity contribution >= 4 is 35.4 Å². The summed E-state index contributed by atoms with van der Waals surface area (Å²) in [6, 6.07) is 0. The van der Waals surface area contributed by atoms with Crippen LogP contribution in [0.4, 0.5) is 0 Å². The SMILES string of the molecule is CC.CCC(CC)(CO)CNC(=O)CCN1C(=O)CC(SCC(C)C)C1=O.CCCC(=O)NCCCC(CC)CC. The van der Waals surface area contributed by atoms with Gasteiger partial charge in [0.15, 0.2) is 0 Å². The molecule has 0 aromatic heterocycles. The summed E-state index contributed by atoms with van der Waals surface area (Å²) in [6.07, 6.45) is 8.41. The van der Waals surface area contributed by atoms with Crippen molar-refractivity contribution in [3.05, 3.63) is 0 Å². The van der Waals surface area contributed by atoms with Gasteiger partial charge in [-0.1, -0.05) is 75.2 Å². The normalized spacial score (nSPS) is 14.9. The van der Waals surface area contributed by atoms with Gasteiger partial charge in [0.1, 0.15) is 0 Å². The fourth-order valence-corrected chi connectivity index (χ4v) is 5.47. The molecular formula is C32H63N3O5S. The van der Waals surface area contributed by atoms with E-state index in [1.165, 1.54) is 35.9 Å². The summed E-state index contributed by atoms with van der Waals surface area (Å²) in [7, 11) is 0. The minimum Gasteiger partial charge on any atom is -0.396 e. The van der Waals surface area contributed by atoms with Gasteiger partial charge in [-0.2, -0.15) is 0 Å². The second kappa shape index (κ2) is 24.9. The Kier molecular flexibility index (Phi) is 25.3. The first-order valence-electron chi connectivity index (χ1n) is 16.1. The van der Waals surface area contributed by atoms with Crippen LogP contribution in [-0.4, -0.2) is 70.9 Å². The van der Waals surface area contributed by atoms with E-state index in [4.69, 9.17) is 0 Å². The van der Waals surface area contributed by atoms with E-state index in [0.29, 0.717) is 18.9 Å². The number of aliphatic hydroxyl groups excluding tert-OH is 1. The summed E-state index contributed by atoms with van der Waals surface area (Å²) < 4.78 is 0. The summed E-state index contributed by atoms with van der Waals surface area (Å²) in [5, 5.41) is 15.0. The minimum absolute atomic E-state index is 0.0259. The second-order valence-corrected chi connectivity index (χ2v) is 12.4. The highest BCUT2D eigenvalue weighted by atomic mass is 32.2. The molecule has 1 aliphatic heterocycles. The van der Waals surface area contributed by atoms with Gasteiger partial charge in [0.05, 0.1) is 11.9 Å². The van der Waals surface area contributed by atoms with E-state index in [2.05, 4.69) is 38.3 Å². The maximum Gasteiger partial charge on any atom is 0.242 e. The number of aliphatic hydroxyl groups is 1. The zero-order valence-corrected chi connectivity index (χ0v) is 28.6. The van der Waals surface area contributed by atoms with Crippen molar-refractivity contribution in [2.24, 2.45) is 17.3 Å². The first kappa shape index (κ1) is 41.5. The molecule has 1 rings (SSSR count). The summed E-state index contributed by atoms with van der Waals surface area (Å²) in [5.74, 6) is 1.81. The van der Waals surface area contributed by atoms with Crippen molar-refractivity contribution in [1.29, 1.82) is 0 Å². The predicted octanol–water partition coefficient (Wildman–Crippen LogP) is 5.95. The van der Waals surface area contributed by atoms with Crippen LogP contribution in [0.15, 0.2) is 0 Å². The third kappa shape index (κ3) is 17.8. The number of nitrogens with zero attached hydrogens (tertiary/aromatic N) is 1. The monoisotopic (exact) mass is 601 g/mol. The second-order valence-electron chi connectivity index (χ2n) is 11.1. The number of hydrogen-bond acceptors (Lipinski definition) is 6. The van der Waals surface area contributed by atoms with Crippen LogP contribution in [0.25, 0.3) is 0 Å². The van der Waals surface area contributed by atoms with Crippen molar-refractivity contribution in [3.63, 3.8) is 0 Å². The number of thioether (sulfide) groups is 1. The van der Waals surface area contributed by atoms with Gasteiger partial charge in [-0.25, -0.2) is 0 Å². The molecule has 4 amide bonds. The van der Waals surface area contributed by atoms with Gasteiger partial charge in [0.2, 0.25) is 23.6 Å². The average molecular weight is 602 g/mol. The quantitative estimate of drug-likeness (QED) is 0.124. The van der Waals surface area contributed by atoms with E-state index in [1.807, 2.05) is 34.6 Å². The highest BCUT2D eigenvalue weighted by Gasteiger charge is 2.38. The number of carbonyl (C=O) groups excluding carboxylic acids is 4. The molecule has 3 N–H and O–H groups in total. The zero-order chi connectivity index (χ0) is 31.8. The summed E-state index contributed by atoms with van der Waals surface area (Å²) in [6.45, 7) is 20.1. The number of rotatable bonds is 19. The third-order valence-electron chi connectivity index (χ3n) is 7.63. The number of carbonyl (C=O) groups is 4. The first-order chi connectivity index (χ1) is 19.5. The average Bonchev–Trinajstić information content (AvgIpc) is 3.25. The van der Waals surface area contributed by atoms with E-state index in [-0.39, 0.29) is 60.3 Å². The Hall–Kier alpha value is -1.61. The molecule has 8 nitrogen and oxygen atoms in total. The summed E-state index contributed by atoms with van der Waals surface area (Å²) in [4.78, 5) is 48.7. The molecule has 1 saturated heterocycles. The number of hydrogen-bond donors (Lipinski definition) is 3. The zero-order valence-electron chi connectivity index (χ0n) is 27.8. The van der Waals surface area contributed by atoms with Crippen LogP contribution in [0.2, 0.25) is 0 Å². The predicted molar refractivity (Wildman–Crippen MR) is 173 cm³/mol. The van der Waals surface area contributed by atoms with E-state index < -0.39 is 0 Å². The Labute approximate surface area is 255 Å². The molecular weight excluding hydrogens is 538 g/mol. The van der Waals surface area contributed by atoms with Crippen molar-refractivity contribution in [1.82, 2.24) is 15.5 Å². The van der Waals surface area contributed by atoms with Crippen LogP contribution >= 0.6 is 11.8 Å². The molecule has 9 heteroatoms. The minimum atomic E-state index is -0.305. The largest absolute Gasteiger partial charge is 0.396 e. The third-order valence-corrected chi connectivity index (χ3v) is 9.26. The molecule has 1 unspecified atom stereocenters. The lowest BCUT2D eigenvalue weighted by Crippen LogP contribution is -2.41. The van der Waals surface area contributed by atoms with Crippen molar-refractivity contribution in [2.75, 3.05) is 32.0 Å². The van der Waals surface area contributed by atoms with E-state index in [9.17, 15) is 24.3 Å². The Balaban J connectivity index is 0. The lowest BCUT2D eigenvalue weighted by Gasteiger charge is -2.29. The standard InChI is InChI=1S/C18H32N2O4S.C12H25NO.C2H6/c1-5-18(6-2,12-21)11-19-15(22)7-8-20-16(23)9-14(17(20)24)25-10-13(3)4;1-4-8-12(14)13-10-7-9-11(5-2)6-3;1-2/h13-14,21H,5-12H2,1-4H3,(H,19,22);11H,4-10H2,1-3H3,(H,13,14);1-2H3. The molecule has 0 radical (unpaired) electrons. The molecule has 0 aromatic rings. The van der Waals surface area contributed by atoms with E-state index in [0.717, 1.165) is 43.9 Å². The summed E-state index contributed by atoms with van der Waals surface area (Å²) in [5.41, 5.74) is -0.298. The molecule has 41 heavy (non-hydrogen) atoms. The van der Waals surface area contributed by atoms with Gasteiger partial charge >= 0.3 is 0 Å². The number of amides is 4. The van der Waals surface area contributed by atoms with Crippen LogP contribution in [0.3, 0.4) is 0 Å². The lowest BCUT2D eigenvalue weighted by atomic mass is 9.83. The lowest BCUT2D eigenvalue weighted by molar-refractivity contribution is -0.138. The molecule has 1 fully saturated rings. The van der Waals surface area contributed by atoms with Crippen molar-refractivity contribution in [2.45, 2.75) is 132 Å².